The van der Waals surface area contributed by atoms with Crippen LogP contribution in [0.25, 0.3) is 11.0 Å². The molecule has 0 saturated carbocycles. The number of hydrogen-bond donors (Lipinski definition) is 3. The molecule has 0 aliphatic carbocycles. The minimum atomic E-state index is 0.418. The number of aromatic amines is 1. The highest BCUT2D eigenvalue weighted by Crippen LogP contribution is 2.29. The molecule has 1 aliphatic rings. The molecule has 7 nitrogen and oxygen atoms in total. The SMILES string of the molecule is CCC1CCN(c2nc(NN)nc3[nH]ncc23)C1. The predicted octanol–water partition coefficient (Wildman–Crippen LogP) is 0.875. The fourth-order valence-corrected chi connectivity index (χ4v) is 2.48. The second-order valence-corrected chi connectivity index (χ2v) is 4.66. The van der Waals surface area contributed by atoms with Gasteiger partial charge in [0.25, 0.3) is 0 Å². The molecule has 1 fully saturated rings. The summed E-state index contributed by atoms with van der Waals surface area (Å²) in [5, 5.41) is 7.83. The van der Waals surface area contributed by atoms with Crippen molar-refractivity contribution in [1.29, 1.82) is 0 Å². The van der Waals surface area contributed by atoms with Crippen LogP contribution in [0.5, 0.6) is 0 Å². The average Bonchev–Trinajstić information content (AvgIpc) is 3.05. The Morgan fingerprint density at radius 3 is 3.17 bits per heavy atom. The Bertz CT molecular complexity index is 549. The van der Waals surface area contributed by atoms with Gasteiger partial charge in [-0.2, -0.15) is 15.1 Å². The summed E-state index contributed by atoms with van der Waals surface area (Å²) < 4.78 is 0. The number of nitrogens with one attached hydrogen (secondary N) is 2. The smallest absolute Gasteiger partial charge is 0.241 e. The van der Waals surface area contributed by atoms with Gasteiger partial charge >= 0.3 is 0 Å². The lowest BCUT2D eigenvalue weighted by Crippen LogP contribution is -2.22. The molecule has 1 unspecified atom stereocenters. The molecule has 1 atom stereocenters. The van der Waals surface area contributed by atoms with E-state index in [0.29, 0.717) is 11.6 Å². The number of nitrogen functional groups attached to an aromatic ring is 1. The third-order valence-electron chi connectivity index (χ3n) is 3.58. The molecule has 1 aliphatic heterocycles. The summed E-state index contributed by atoms with van der Waals surface area (Å²) in [6.07, 6.45) is 4.19. The molecule has 0 spiro atoms. The van der Waals surface area contributed by atoms with Crippen molar-refractivity contribution in [2.24, 2.45) is 11.8 Å². The van der Waals surface area contributed by atoms with Crippen molar-refractivity contribution in [3.05, 3.63) is 6.20 Å². The maximum absolute atomic E-state index is 5.40. The van der Waals surface area contributed by atoms with E-state index in [1.807, 2.05) is 0 Å². The van der Waals surface area contributed by atoms with Gasteiger partial charge in [-0.1, -0.05) is 13.3 Å². The standard InChI is InChI=1S/C11H17N7/c1-2-7-3-4-18(6-7)10-8-5-13-17-9(8)14-11(15-10)16-12/h5,7H,2-4,6,12H2,1H3,(H2,13,14,15,16,17). The minimum Gasteiger partial charge on any atom is -0.356 e. The third kappa shape index (κ3) is 1.76. The number of nitrogens with two attached hydrogens (primary N) is 1. The van der Waals surface area contributed by atoms with Gasteiger partial charge in [-0.3, -0.25) is 10.5 Å². The summed E-state index contributed by atoms with van der Waals surface area (Å²) in [5.41, 5.74) is 3.22. The van der Waals surface area contributed by atoms with E-state index < -0.39 is 0 Å². The first-order chi connectivity index (χ1) is 8.81. The normalized spacial score (nSPS) is 19.7. The van der Waals surface area contributed by atoms with Crippen LogP contribution in [-0.4, -0.2) is 33.3 Å². The molecule has 1 saturated heterocycles. The van der Waals surface area contributed by atoms with Gasteiger partial charge in [-0.15, -0.1) is 0 Å². The van der Waals surface area contributed by atoms with Crippen molar-refractivity contribution >= 4 is 22.8 Å². The first kappa shape index (κ1) is 11.2. The highest BCUT2D eigenvalue weighted by molar-refractivity contribution is 5.87. The van der Waals surface area contributed by atoms with Gasteiger partial charge in [0.2, 0.25) is 5.95 Å². The molecule has 18 heavy (non-hydrogen) atoms. The number of hydrogen-bond acceptors (Lipinski definition) is 6. The molecule has 7 heteroatoms. The van der Waals surface area contributed by atoms with Gasteiger partial charge in [0.15, 0.2) is 5.65 Å². The monoisotopic (exact) mass is 247 g/mol. The molecule has 0 amide bonds. The summed E-state index contributed by atoms with van der Waals surface area (Å²) in [5.74, 6) is 7.48. The number of rotatable bonds is 3. The quantitative estimate of drug-likeness (QED) is 0.550. The zero-order valence-electron chi connectivity index (χ0n) is 10.3. The lowest BCUT2D eigenvalue weighted by molar-refractivity contribution is 0.569. The molecule has 96 valence electrons. The molecule has 4 N–H and O–H groups in total. The average molecular weight is 247 g/mol. The van der Waals surface area contributed by atoms with E-state index in [1.54, 1.807) is 6.20 Å². The van der Waals surface area contributed by atoms with Crippen molar-refractivity contribution in [2.45, 2.75) is 19.8 Å². The van der Waals surface area contributed by atoms with Crippen LogP contribution in [-0.2, 0) is 0 Å². The Kier molecular flexibility index (Phi) is 2.75. The maximum atomic E-state index is 5.40. The van der Waals surface area contributed by atoms with E-state index in [4.69, 9.17) is 5.84 Å². The molecule has 2 aromatic heterocycles. The van der Waals surface area contributed by atoms with E-state index in [2.05, 4.69) is 37.4 Å². The first-order valence-corrected chi connectivity index (χ1v) is 6.24. The van der Waals surface area contributed by atoms with Gasteiger partial charge in [0, 0.05) is 13.1 Å². The number of fused-ring (bicyclic) bond motifs is 1. The molecule has 0 aromatic carbocycles. The van der Waals surface area contributed by atoms with Crippen molar-refractivity contribution in [3.8, 4) is 0 Å². The molecule has 3 rings (SSSR count). The Morgan fingerprint density at radius 2 is 2.44 bits per heavy atom. The molecule has 2 aromatic rings. The molecular weight excluding hydrogens is 230 g/mol. The lowest BCUT2D eigenvalue weighted by atomic mass is 10.1. The van der Waals surface area contributed by atoms with Crippen molar-refractivity contribution < 1.29 is 0 Å². The molecule has 3 heterocycles. The van der Waals surface area contributed by atoms with Crippen molar-refractivity contribution in [3.63, 3.8) is 0 Å². The van der Waals surface area contributed by atoms with Crippen LogP contribution in [0.15, 0.2) is 6.20 Å². The zero-order chi connectivity index (χ0) is 12.5. The van der Waals surface area contributed by atoms with Gasteiger partial charge in [-0.25, -0.2) is 5.84 Å². The van der Waals surface area contributed by atoms with Crippen LogP contribution in [0.3, 0.4) is 0 Å². The maximum Gasteiger partial charge on any atom is 0.241 e. The Balaban J connectivity index is 2.02. The topological polar surface area (TPSA) is 95.8 Å². The van der Waals surface area contributed by atoms with Gasteiger partial charge in [-0.05, 0) is 12.3 Å². The van der Waals surface area contributed by atoms with Crippen LogP contribution in [0, 0.1) is 5.92 Å². The summed E-state index contributed by atoms with van der Waals surface area (Å²) in [7, 11) is 0. The predicted molar refractivity (Wildman–Crippen MR) is 70.1 cm³/mol. The highest BCUT2D eigenvalue weighted by atomic mass is 15.3. The summed E-state index contributed by atoms with van der Waals surface area (Å²) in [4.78, 5) is 11.0. The van der Waals surface area contributed by atoms with Crippen LogP contribution in [0.2, 0.25) is 0 Å². The Morgan fingerprint density at radius 1 is 1.56 bits per heavy atom. The van der Waals surface area contributed by atoms with E-state index >= 15 is 0 Å². The van der Waals surface area contributed by atoms with E-state index in [0.717, 1.165) is 30.2 Å². The number of H-pyrrole nitrogens is 1. The van der Waals surface area contributed by atoms with Gasteiger partial charge < -0.3 is 4.90 Å². The van der Waals surface area contributed by atoms with E-state index in [-0.39, 0.29) is 0 Å². The second kappa shape index (κ2) is 4.41. The number of aromatic nitrogens is 4. The fraction of sp³-hybridized carbons (Fsp3) is 0.545. The van der Waals surface area contributed by atoms with Gasteiger partial charge in [0.1, 0.15) is 5.82 Å². The summed E-state index contributed by atoms with van der Waals surface area (Å²) in [6, 6.07) is 0. The second-order valence-electron chi connectivity index (χ2n) is 4.66. The van der Waals surface area contributed by atoms with Gasteiger partial charge in [0.05, 0.1) is 11.6 Å². The molecule has 0 radical (unpaired) electrons. The molecule has 0 bridgehead atoms. The van der Waals surface area contributed by atoms with Crippen molar-refractivity contribution in [1.82, 2.24) is 20.2 Å². The molecular formula is C11H17N7. The van der Waals surface area contributed by atoms with Crippen LogP contribution in [0.1, 0.15) is 19.8 Å². The largest absolute Gasteiger partial charge is 0.356 e. The first-order valence-electron chi connectivity index (χ1n) is 6.24. The minimum absolute atomic E-state index is 0.418. The lowest BCUT2D eigenvalue weighted by Gasteiger charge is -2.18. The zero-order valence-corrected chi connectivity index (χ0v) is 10.3. The van der Waals surface area contributed by atoms with Crippen molar-refractivity contribution in [2.75, 3.05) is 23.4 Å². The number of anilines is 2. The summed E-state index contributed by atoms with van der Waals surface area (Å²) in [6.45, 7) is 4.30. The Labute approximate surface area is 105 Å². The summed E-state index contributed by atoms with van der Waals surface area (Å²) >= 11 is 0. The van der Waals surface area contributed by atoms with Crippen LogP contribution < -0.4 is 16.2 Å². The van der Waals surface area contributed by atoms with E-state index in [1.165, 1.54) is 12.8 Å². The Hall–Kier alpha value is -1.89. The van der Waals surface area contributed by atoms with Crippen LogP contribution in [0.4, 0.5) is 11.8 Å². The van der Waals surface area contributed by atoms with E-state index in [9.17, 15) is 0 Å². The highest BCUT2D eigenvalue weighted by Gasteiger charge is 2.24. The van der Waals surface area contributed by atoms with Crippen LogP contribution >= 0.6 is 0 Å². The number of hydrazine groups is 1. The number of nitrogens with zero attached hydrogens (tertiary/aromatic N) is 4. The fourth-order valence-electron chi connectivity index (χ4n) is 2.48. The third-order valence-corrected chi connectivity index (χ3v) is 3.58.